The van der Waals surface area contributed by atoms with E-state index < -0.39 is 0 Å². The Labute approximate surface area is 95.3 Å². The smallest absolute Gasteiger partial charge is 0.125 e. The van der Waals surface area contributed by atoms with Gasteiger partial charge in [-0.2, -0.15) is 0 Å². The first-order valence-corrected chi connectivity index (χ1v) is 5.57. The summed E-state index contributed by atoms with van der Waals surface area (Å²) in [6, 6.07) is 4.81. The molecule has 0 aliphatic rings. The number of rotatable bonds is 1. The Morgan fingerprint density at radius 1 is 1.12 bits per heavy atom. The molecule has 0 saturated carbocycles. The second-order valence-corrected chi connectivity index (χ2v) is 4.56. The minimum atomic E-state index is -0.224. The molecule has 16 heavy (non-hydrogen) atoms. The largest absolute Gasteiger partial charge is 0.252 e. The van der Waals surface area contributed by atoms with Crippen LogP contribution in [-0.4, -0.2) is 4.98 Å². The first kappa shape index (κ1) is 11.1. The van der Waals surface area contributed by atoms with Gasteiger partial charge in [0.25, 0.3) is 0 Å². The van der Waals surface area contributed by atoms with Gasteiger partial charge in [0.15, 0.2) is 0 Å². The Bertz CT molecular complexity index is 544. The summed E-state index contributed by atoms with van der Waals surface area (Å²) >= 11 is 0. The predicted molar refractivity (Wildman–Crippen MR) is 65.3 cm³/mol. The maximum atomic E-state index is 13.2. The lowest BCUT2D eigenvalue weighted by Crippen LogP contribution is -2.00. The molecule has 2 rings (SSSR count). The maximum absolute atomic E-state index is 13.2. The zero-order valence-electron chi connectivity index (χ0n) is 10.1. The van der Waals surface area contributed by atoms with Crippen LogP contribution < -0.4 is 0 Å². The number of aromatic nitrogens is 1. The molecular formula is C14H16FN. The van der Waals surface area contributed by atoms with Crippen LogP contribution in [0.25, 0.3) is 10.9 Å². The third kappa shape index (κ3) is 1.69. The highest BCUT2D eigenvalue weighted by molar-refractivity contribution is 5.83. The minimum Gasteiger partial charge on any atom is -0.252 e. The van der Waals surface area contributed by atoms with Crippen molar-refractivity contribution in [2.24, 2.45) is 0 Å². The zero-order valence-corrected chi connectivity index (χ0v) is 10.1. The van der Waals surface area contributed by atoms with Gasteiger partial charge in [-0.1, -0.05) is 13.8 Å². The minimum absolute atomic E-state index is 0.224. The van der Waals surface area contributed by atoms with Crippen molar-refractivity contribution in [1.82, 2.24) is 4.98 Å². The van der Waals surface area contributed by atoms with Crippen molar-refractivity contribution in [2.45, 2.75) is 33.6 Å². The van der Waals surface area contributed by atoms with E-state index >= 15 is 0 Å². The molecule has 1 aromatic carbocycles. The molecule has 2 aromatic rings. The third-order valence-electron chi connectivity index (χ3n) is 3.10. The van der Waals surface area contributed by atoms with Gasteiger partial charge >= 0.3 is 0 Å². The number of nitrogens with zero attached hydrogens (tertiary/aromatic N) is 1. The Kier molecular flexibility index (Phi) is 2.66. The van der Waals surface area contributed by atoms with Crippen LogP contribution >= 0.6 is 0 Å². The molecule has 0 aliphatic carbocycles. The number of benzene rings is 1. The summed E-state index contributed by atoms with van der Waals surface area (Å²) in [5.74, 6) is 0.143. The summed E-state index contributed by atoms with van der Waals surface area (Å²) in [5.41, 5.74) is 4.24. The van der Waals surface area contributed by atoms with E-state index in [4.69, 9.17) is 0 Å². The van der Waals surface area contributed by atoms with Crippen molar-refractivity contribution in [3.63, 3.8) is 0 Å². The van der Waals surface area contributed by atoms with Gasteiger partial charge in [-0.05, 0) is 43.0 Å². The highest BCUT2D eigenvalue weighted by atomic mass is 19.1. The summed E-state index contributed by atoms with van der Waals surface area (Å²) in [7, 11) is 0. The zero-order chi connectivity index (χ0) is 11.9. The third-order valence-corrected chi connectivity index (χ3v) is 3.10. The quantitative estimate of drug-likeness (QED) is 0.700. The van der Waals surface area contributed by atoms with E-state index in [0.29, 0.717) is 5.92 Å². The fourth-order valence-electron chi connectivity index (χ4n) is 2.08. The van der Waals surface area contributed by atoms with E-state index in [-0.39, 0.29) is 5.82 Å². The molecule has 1 nitrogen and oxygen atoms in total. The summed E-state index contributed by atoms with van der Waals surface area (Å²) < 4.78 is 13.2. The molecule has 2 heteroatoms. The predicted octanol–water partition coefficient (Wildman–Crippen LogP) is 4.11. The monoisotopic (exact) mass is 217 g/mol. The van der Waals surface area contributed by atoms with Crippen molar-refractivity contribution < 1.29 is 4.39 Å². The van der Waals surface area contributed by atoms with Crippen LogP contribution in [0.2, 0.25) is 0 Å². The molecule has 0 saturated heterocycles. The first-order chi connectivity index (χ1) is 7.50. The number of hydrogen-bond donors (Lipinski definition) is 0. The van der Waals surface area contributed by atoms with Gasteiger partial charge < -0.3 is 0 Å². The second-order valence-electron chi connectivity index (χ2n) is 4.56. The number of pyridine rings is 1. The van der Waals surface area contributed by atoms with Gasteiger partial charge in [0, 0.05) is 17.1 Å². The highest BCUT2D eigenvalue weighted by Crippen LogP contribution is 2.26. The Morgan fingerprint density at radius 3 is 2.44 bits per heavy atom. The lowest BCUT2D eigenvalue weighted by Gasteiger charge is -2.13. The van der Waals surface area contributed by atoms with Crippen LogP contribution in [0.3, 0.4) is 0 Å². The molecular weight excluding hydrogens is 201 g/mol. The molecule has 0 atom stereocenters. The standard InChI is InChI=1S/C14H16FN/c1-8(2)14-10(4)9(3)12-6-5-11(15)7-13(12)16-14/h5-8H,1-4H3. The molecule has 1 aromatic heterocycles. The summed E-state index contributed by atoms with van der Waals surface area (Å²) in [5, 5.41) is 1.04. The van der Waals surface area contributed by atoms with Crippen LogP contribution in [0.4, 0.5) is 4.39 Å². The molecule has 0 aliphatic heterocycles. The van der Waals surface area contributed by atoms with Crippen molar-refractivity contribution in [3.05, 3.63) is 40.8 Å². The Hall–Kier alpha value is -1.44. The average molecular weight is 217 g/mol. The topological polar surface area (TPSA) is 12.9 Å². The Balaban J connectivity index is 2.83. The van der Waals surface area contributed by atoms with Crippen LogP contribution in [0, 0.1) is 19.7 Å². The Morgan fingerprint density at radius 2 is 1.81 bits per heavy atom. The highest BCUT2D eigenvalue weighted by Gasteiger charge is 2.11. The number of aryl methyl sites for hydroxylation is 1. The van der Waals surface area contributed by atoms with E-state index in [1.807, 2.05) is 6.07 Å². The van der Waals surface area contributed by atoms with Crippen molar-refractivity contribution in [2.75, 3.05) is 0 Å². The molecule has 0 fully saturated rings. The van der Waals surface area contributed by atoms with Gasteiger partial charge in [0.05, 0.1) is 5.52 Å². The normalized spacial score (nSPS) is 11.4. The van der Waals surface area contributed by atoms with E-state index in [2.05, 4.69) is 32.7 Å². The van der Waals surface area contributed by atoms with Crippen LogP contribution in [0.15, 0.2) is 18.2 Å². The summed E-state index contributed by atoms with van der Waals surface area (Å²) in [4.78, 5) is 4.56. The average Bonchev–Trinajstić information content (AvgIpc) is 2.22. The van der Waals surface area contributed by atoms with Crippen molar-refractivity contribution in [3.8, 4) is 0 Å². The van der Waals surface area contributed by atoms with Gasteiger partial charge in [-0.25, -0.2) is 4.39 Å². The van der Waals surface area contributed by atoms with E-state index in [9.17, 15) is 4.39 Å². The SMILES string of the molecule is Cc1c(C(C)C)nc2cc(F)ccc2c1C. The van der Waals surface area contributed by atoms with Gasteiger partial charge in [-0.15, -0.1) is 0 Å². The number of fused-ring (bicyclic) bond motifs is 1. The fourth-order valence-corrected chi connectivity index (χ4v) is 2.08. The van der Waals surface area contributed by atoms with Gasteiger partial charge in [0.2, 0.25) is 0 Å². The van der Waals surface area contributed by atoms with Crippen LogP contribution in [-0.2, 0) is 0 Å². The lowest BCUT2D eigenvalue weighted by atomic mass is 9.97. The van der Waals surface area contributed by atoms with E-state index in [0.717, 1.165) is 16.6 Å². The van der Waals surface area contributed by atoms with Crippen molar-refractivity contribution in [1.29, 1.82) is 0 Å². The van der Waals surface area contributed by atoms with Crippen molar-refractivity contribution >= 4 is 10.9 Å². The molecule has 1 heterocycles. The lowest BCUT2D eigenvalue weighted by molar-refractivity contribution is 0.629. The molecule has 0 spiro atoms. The second kappa shape index (κ2) is 3.85. The number of hydrogen-bond acceptors (Lipinski definition) is 1. The van der Waals surface area contributed by atoms with Crippen LogP contribution in [0.1, 0.15) is 36.6 Å². The van der Waals surface area contributed by atoms with E-state index in [1.165, 1.54) is 23.3 Å². The summed E-state index contributed by atoms with van der Waals surface area (Å²) in [6.45, 7) is 8.38. The van der Waals surface area contributed by atoms with Crippen LogP contribution in [0.5, 0.6) is 0 Å². The maximum Gasteiger partial charge on any atom is 0.125 e. The molecule has 84 valence electrons. The van der Waals surface area contributed by atoms with Gasteiger partial charge in [0.1, 0.15) is 5.82 Å². The molecule has 0 N–H and O–H groups in total. The first-order valence-electron chi connectivity index (χ1n) is 5.57. The fraction of sp³-hybridized carbons (Fsp3) is 0.357. The molecule has 0 amide bonds. The molecule has 0 radical (unpaired) electrons. The molecule has 0 bridgehead atoms. The van der Waals surface area contributed by atoms with Gasteiger partial charge in [-0.3, -0.25) is 4.98 Å². The van der Waals surface area contributed by atoms with E-state index in [1.54, 1.807) is 0 Å². The summed E-state index contributed by atoms with van der Waals surface area (Å²) in [6.07, 6.45) is 0. The molecule has 0 unspecified atom stereocenters. The number of halogens is 1.